The summed E-state index contributed by atoms with van der Waals surface area (Å²) < 4.78 is 7.23. The third-order valence-corrected chi connectivity index (χ3v) is 4.48. The summed E-state index contributed by atoms with van der Waals surface area (Å²) in [6, 6.07) is 7.21. The second-order valence-corrected chi connectivity index (χ2v) is 6.62. The summed E-state index contributed by atoms with van der Waals surface area (Å²) in [6.45, 7) is 1.93. The predicted molar refractivity (Wildman–Crippen MR) is 92.6 cm³/mol. The lowest BCUT2D eigenvalue weighted by atomic mass is 10.1. The molecule has 3 rings (SSSR count). The molecule has 1 amide bonds. The van der Waals surface area contributed by atoms with E-state index in [2.05, 4.69) is 10.00 Å². The highest BCUT2D eigenvalue weighted by molar-refractivity contribution is 6.33. The van der Waals surface area contributed by atoms with Crippen molar-refractivity contribution >= 4 is 17.5 Å². The van der Waals surface area contributed by atoms with E-state index in [0.29, 0.717) is 29.4 Å². The van der Waals surface area contributed by atoms with Crippen LogP contribution in [0.5, 0.6) is 5.75 Å². The Morgan fingerprint density at radius 1 is 1.42 bits per heavy atom. The van der Waals surface area contributed by atoms with Gasteiger partial charge in [0.1, 0.15) is 5.75 Å². The number of hydrogen-bond donors (Lipinski definition) is 0. The van der Waals surface area contributed by atoms with E-state index in [1.54, 1.807) is 31.5 Å². The van der Waals surface area contributed by atoms with Crippen molar-refractivity contribution < 1.29 is 9.53 Å². The van der Waals surface area contributed by atoms with E-state index >= 15 is 0 Å². The van der Waals surface area contributed by atoms with Gasteiger partial charge in [-0.2, -0.15) is 5.10 Å². The third kappa shape index (κ3) is 3.25. The molecule has 1 atom stereocenters. The van der Waals surface area contributed by atoms with Gasteiger partial charge in [0.25, 0.3) is 5.91 Å². The van der Waals surface area contributed by atoms with Crippen LogP contribution < -0.4 is 4.74 Å². The lowest BCUT2D eigenvalue weighted by Crippen LogP contribution is -2.44. The summed E-state index contributed by atoms with van der Waals surface area (Å²) in [6.07, 6.45) is 1.78. The van der Waals surface area contributed by atoms with Crippen LogP contribution in [0.1, 0.15) is 22.1 Å². The van der Waals surface area contributed by atoms with E-state index in [1.807, 2.05) is 29.7 Å². The van der Waals surface area contributed by atoms with Gasteiger partial charge in [0.15, 0.2) is 0 Å². The van der Waals surface area contributed by atoms with Crippen molar-refractivity contribution in [1.29, 1.82) is 0 Å². The summed E-state index contributed by atoms with van der Waals surface area (Å²) in [5.41, 5.74) is 1.49. The van der Waals surface area contributed by atoms with Gasteiger partial charge in [0, 0.05) is 19.3 Å². The minimum Gasteiger partial charge on any atom is -0.497 e. The predicted octanol–water partition coefficient (Wildman–Crippen LogP) is 2.30. The maximum absolute atomic E-state index is 13.0. The number of benzene rings is 1. The van der Waals surface area contributed by atoms with Crippen LogP contribution in [0.4, 0.5) is 0 Å². The van der Waals surface area contributed by atoms with Crippen LogP contribution in [0, 0.1) is 0 Å². The Balaban J connectivity index is 1.89. The first-order valence-electron chi connectivity index (χ1n) is 7.79. The molecule has 7 heteroatoms. The monoisotopic (exact) mass is 348 g/mol. The van der Waals surface area contributed by atoms with Crippen molar-refractivity contribution in [3.63, 3.8) is 0 Å². The topological polar surface area (TPSA) is 50.6 Å². The number of aromatic nitrogens is 2. The fourth-order valence-electron chi connectivity index (χ4n) is 3.06. The average molecular weight is 349 g/mol. The molecule has 6 nitrogen and oxygen atoms in total. The van der Waals surface area contributed by atoms with Crippen LogP contribution in [-0.4, -0.2) is 59.8 Å². The molecule has 1 aromatic heterocycles. The van der Waals surface area contributed by atoms with Crippen molar-refractivity contribution in [2.45, 2.75) is 12.6 Å². The first kappa shape index (κ1) is 16.8. The van der Waals surface area contributed by atoms with Crippen LogP contribution in [0.15, 0.2) is 30.5 Å². The summed E-state index contributed by atoms with van der Waals surface area (Å²) in [7, 11) is 5.61. The van der Waals surface area contributed by atoms with Crippen molar-refractivity contribution in [2.75, 3.05) is 34.3 Å². The summed E-state index contributed by atoms with van der Waals surface area (Å²) in [5.74, 6) is 0.532. The van der Waals surface area contributed by atoms with Crippen LogP contribution in [-0.2, 0) is 6.54 Å². The molecule has 24 heavy (non-hydrogen) atoms. The highest BCUT2D eigenvalue weighted by Gasteiger charge is 2.30. The number of carbonyl (C=O) groups excluding carboxylic acids is 1. The first-order chi connectivity index (χ1) is 11.5. The molecule has 0 aliphatic carbocycles. The van der Waals surface area contributed by atoms with Gasteiger partial charge in [0.05, 0.1) is 36.0 Å². The molecular weight excluding hydrogens is 328 g/mol. The number of methoxy groups -OCH3 is 1. The first-order valence-corrected chi connectivity index (χ1v) is 8.17. The second-order valence-electron chi connectivity index (χ2n) is 6.21. The average Bonchev–Trinajstić information content (AvgIpc) is 3.03. The molecule has 1 aliphatic rings. The quantitative estimate of drug-likeness (QED) is 0.850. The van der Waals surface area contributed by atoms with Gasteiger partial charge in [-0.05, 0) is 38.4 Å². The zero-order chi connectivity index (χ0) is 17.3. The molecule has 0 bridgehead atoms. The van der Waals surface area contributed by atoms with Crippen LogP contribution in [0.2, 0.25) is 5.02 Å². The second kappa shape index (κ2) is 6.83. The van der Waals surface area contributed by atoms with Gasteiger partial charge in [-0.1, -0.05) is 11.6 Å². The Kier molecular flexibility index (Phi) is 4.78. The van der Waals surface area contributed by atoms with Gasteiger partial charge in [-0.3, -0.25) is 9.48 Å². The van der Waals surface area contributed by atoms with Gasteiger partial charge < -0.3 is 14.5 Å². The minimum absolute atomic E-state index is 0.0879. The maximum atomic E-state index is 13.0. The molecule has 2 aromatic rings. The maximum Gasteiger partial charge on any atom is 0.255 e. The Labute approximate surface area is 146 Å². The molecule has 1 aromatic carbocycles. The molecule has 1 aliphatic heterocycles. The lowest BCUT2D eigenvalue weighted by Gasteiger charge is -2.35. The van der Waals surface area contributed by atoms with E-state index < -0.39 is 0 Å². The number of ether oxygens (including phenoxy) is 1. The van der Waals surface area contributed by atoms with E-state index in [-0.39, 0.29) is 11.9 Å². The van der Waals surface area contributed by atoms with Gasteiger partial charge >= 0.3 is 0 Å². The number of fused-ring (bicyclic) bond motifs is 1. The van der Waals surface area contributed by atoms with Crippen LogP contribution in [0.3, 0.4) is 0 Å². The zero-order valence-electron chi connectivity index (χ0n) is 14.1. The molecule has 0 unspecified atom stereocenters. The number of halogens is 1. The van der Waals surface area contributed by atoms with E-state index in [9.17, 15) is 4.79 Å². The highest BCUT2D eigenvalue weighted by Crippen LogP contribution is 2.27. The molecule has 0 radical (unpaired) electrons. The molecule has 0 fully saturated rings. The largest absolute Gasteiger partial charge is 0.497 e. The number of rotatable bonds is 4. The summed E-state index contributed by atoms with van der Waals surface area (Å²) in [4.78, 5) is 16.9. The number of amides is 1. The van der Waals surface area contributed by atoms with Crippen molar-refractivity contribution in [2.24, 2.45) is 0 Å². The number of hydrogen-bond acceptors (Lipinski definition) is 4. The van der Waals surface area contributed by atoms with E-state index in [0.717, 1.165) is 12.2 Å². The molecule has 0 saturated carbocycles. The fraction of sp³-hybridized carbons (Fsp3) is 0.412. The number of carbonyl (C=O) groups is 1. The third-order valence-electron chi connectivity index (χ3n) is 4.15. The lowest BCUT2D eigenvalue weighted by molar-refractivity contribution is 0.0652. The Hall–Kier alpha value is -2.05. The van der Waals surface area contributed by atoms with E-state index in [1.165, 1.54) is 0 Å². The molecule has 0 saturated heterocycles. The molecule has 128 valence electrons. The van der Waals surface area contributed by atoms with Crippen molar-refractivity contribution in [1.82, 2.24) is 19.6 Å². The standard InChI is InChI=1S/C17H21ClN4O2/c1-20(2)9-13-11-21(10-12-6-7-19-22(12)13)17(23)15-8-14(24-3)4-5-16(15)18/h4-8,13H,9-11H2,1-3H3/t13-/m1/s1. The molecule has 0 N–H and O–H groups in total. The zero-order valence-corrected chi connectivity index (χ0v) is 14.8. The summed E-state index contributed by atoms with van der Waals surface area (Å²) in [5, 5.41) is 4.84. The van der Waals surface area contributed by atoms with Crippen LogP contribution >= 0.6 is 11.6 Å². The van der Waals surface area contributed by atoms with Gasteiger partial charge in [0.2, 0.25) is 0 Å². The van der Waals surface area contributed by atoms with E-state index in [4.69, 9.17) is 16.3 Å². The van der Waals surface area contributed by atoms with Gasteiger partial charge in [-0.25, -0.2) is 0 Å². The normalized spacial score (nSPS) is 17.0. The Morgan fingerprint density at radius 3 is 2.92 bits per heavy atom. The van der Waals surface area contributed by atoms with Crippen molar-refractivity contribution in [3.05, 3.63) is 46.7 Å². The number of nitrogens with zero attached hydrogens (tertiary/aromatic N) is 4. The highest BCUT2D eigenvalue weighted by atomic mass is 35.5. The molecular formula is C17H21ClN4O2. The Morgan fingerprint density at radius 2 is 2.21 bits per heavy atom. The smallest absolute Gasteiger partial charge is 0.255 e. The van der Waals surface area contributed by atoms with Crippen molar-refractivity contribution in [3.8, 4) is 5.75 Å². The fourth-order valence-corrected chi connectivity index (χ4v) is 3.26. The number of likely N-dealkylation sites (N-methyl/N-ethyl adjacent to an activating group) is 1. The van der Waals surface area contributed by atoms with Crippen LogP contribution in [0.25, 0.3) is 0 Å². The molecule has 0 spiro atoms. The Bertz CT molecular complexity index is 744. The summed E-state index contributed by atoms with van der Waals surface area (Å²) >= 11 is 6.24. The SMILES string of the molecule is COc1ccc(Cl)c(C(=O)N2Cc3ccnn3[C@H](CN(C)C)C2)c1. The minimum atomic E-state index is -0.0879. The molecule has 2 heterocycles. The van der Waals surface area contributed by atoms with Gasteiger partial charge in [-0.15, -0.1) is 0 Å².